The van der Waals surface area contributed by atoms with E-state index in [2.05, 4.69) is 0 Å². The molecule has 1 aromatic rings. The number of nitrogens with zero attached hydrogens (tertiary/aromatic N) is 2. The van der Waals surface area contributed by atoms with E-state index in [4.69, 9.17) is 4.52 Å². The summed E-state index contributed by atoms with van der Waals surface area (Å²) in [6.45, 7) is 1.55. The number of rotatable bonds is 0. The molecule has 2 heterocycles. The van der Waals surface area contributed by atoms with Crippen molar-refractivity contribution in [2.45, 2.75) is 44.9 Å². The van der Waals surface area contributed by atoms with Crippen LogP contribution >= 0.6 is 0 Å². The van der Waals surface area contributed by atoms with Gasteiger partial charge in [0, 0.05) is 13.1 Å². The fourth-order valence-electron chi connectivity index (χ4n) is 2.89. The van der Waals surface area contributed by atoms with Gasteiger partial charge < -0.3 is 9.42 Å². The van der Waals surface area contributed by atoms with E-state index in [-0.39, 0.29) is 11.7 Å². The molecule has 0 N–H and O–H groups in total. The van der Waals surface area contributed by atoms with Crippen molar-refractivity contribution < 1.29 is 9.32 Å². The van der Waals surface area contributed by atoms with Gasteiger partial charge in [0.05, 0.1) is 11.3 Å². The molecule has 0 aromatic carbocycles. The lowest BCUT2D eigenvalue weighted by molar-refractivity contribution is 0.173. The van der Waals surface area contributed by atoms with Gasteiger partial charge in [0.15, 0.2) is 0 Å². The summed E-state index contributed by atoms with van der Waals surface area (Å²) >= 11 is 0. The van der Waals surface area contributed by atoms with E-state index in [9.17, 15) is 9.59 Å². The predicted octanol–water partition coefficient (Wildman–Crippen LogP) is 1.77. The van der Waals surface area contributed by atoms with Gasteiger partial charge in [-0.1, -0.05) is 6.42 Å². The Morgan fingerprint density at radius 2 is 1.72 bits per heavy atom. The predicted molar refractivity (Wildman–Crippen MR) is 65.8 cm³/mol. The van der Waals surface area contributed by atoms with Gasteiger partial charge in [-0.25, -0.2) is 9.59 Å². The molecule has 5 heteroatoms. The third-order valence-corrected chi connectivity index (χ3v) is 3.90. The van der Waals surface area contributed by atoms with Gasteiger partial charge in [-0.2, -0.15) is 0 Å². The van der Waals surface area contributed by atoms with Crippen LogP contribution in [0, 0.1) is 0 Å². The van der Waals surface area contributed by atoms with Gasteiger partial charge in [0.1, 0.15) is 0 Å². The molecule has 1 aliphatic heterocycles. The lowest BCUT2D eigenvalue weighted by Crippen LogP contribution is -2.32. The second kappa shape index (κ2) is 4.63. The van der Waals surface area contributed by atoms with Gasteiger partial charge in [0.25, 0.3) is 0 Å². The summed E-state index contributed by atoms with van der Waals surface area (Å²) < 4.78 is 6.43. The highest BCUT2D eigenvalue weighted by atomic mass is 16.5. The molecule has 0 atom stereocenters. The molecule has 1 aromatic heterocycles. The number of hydrogen-bond acceptors (Lipinski definition) is 3. The Morgan fingerprint density at radius 3 is 2.50 bits per heavy atom. The molecule has 18 heavy (non-hydrogen) atoms. The zero-order valence-corrected chi connectivity index (χ0v) is 10.5. The number of carbonyl (C=O) groups excluding carboxylic acids is 1. The molecule has 1 saturated heterocycles. The van der Waals surface area contributed by atoms with Crippen LogP contribution in [0.1, 0.15) is 43.4 Å². The highest BCUT2D eigenvalue weighted by Gasteiger charge is 2.27. The number of hydrogen-bond donors (Lipinski definition) is 0. The van der Waals surface area contributed by atoms with Crippen molar-refractivity contribution in [3.8, 4) is 0 Å². The molecule has 2 aliphatic rings. The summed E-state index contributed by atoms with van der Waals surface area (Å²) in [6.07, 6.45) is 6.77. The Bertz CT molecular complexity index is 509. The van der Waals surface area contributed by atoms with Gasteiger partial charge in [-0.3, -0.25) is 0 Å². The van der Waals surface area contributed by atoms with Crippen molar-refractivity contribution in [3.63, 3.8) is 0 Å². The maximum Gasteiger partial charge on any atom is 0.361 e. The van der Waals surface area contributed by atoms with E-state index >= 15 is 0 Å². The van der Waals surface area contributed by atoms with Crippen LogP contribution in [-0.2, 0) is 12.8 Å². The Hall–Kier alpha value is -1.52. The Balaban J connectivity index is 1.96. The normalized spacial score (nSPS) is 19.7. The molecular formula is C13H18N2O3. The monoisotopic (exact) mass is 250 g/mol. The van der Waals surface area contributed by atoms with Crippen LogP contribution < -0.4 is 5.63 Å². The van der Waals surface area contributed by atoms with Crippen molar-refractivity contribution in [3.05, 3.63) is 21.7 Å². The van der Waals surface area contributed by atoms with Gasteiger partial charge in [-0.05, 0) is 38.5 Å². The summed E-state index contributed by atoms with van der Waals surface area (Å²) in [5.74, 6) is 0. The summed E-state index contributed by atoms with van der Waals surface area (Å²) in [6, 6.07) is -0.159. The Labute approximate surface area is 105 Å². The van der Waals surface area contributed by atoms with Crippen molar-refractivity contribution >= 4 is 6.03 Å². The van der Waals surface area contributed by atoms with Crippen LogP contribution in [0.15, 0.2) is 9.32 Å². The zero-order chi connectivity index (χ0) is 12.5. The maximum atomic E-state index is 12.3. The summed E-state index contributed by atoms with van der Waals surface area (Å²) in [7, 11) is 0. The minimum Gasteiger partial charge on any atom is -0.327 e. The van der Waals surface area contributed by atoms with E-state index in [1.165, 1.54) is 4.74 Å². The molecule has 0 radical (unpaired) electrons. The fourth-order valence-corrected chi connectivity index (χ4v) is 2.89. The minimum absolute atomic E-state index is 0.159. The van der Waals surface area contributed by atoms with E-state index < -0.39 is 0 Å². The summed E-state index contributed by atoms with van der Waals surface area (Å²) in [5, 5.41) is 0. The largest absolute Gasteiger partial charge is 0.361 e. The molecule has 0 bridgehead atoms. The first-order chi connectivity index (χ1) is 8.77. The van der Waals surface area contributed by atoms with Crippen molar-refractivity contribution in [2.75, 3.05) is 13.1 Å². The molecule has 0 spiro atoms. The van der Waals surface area contributed by atoms with E-state index in [0.717, 1.165) is 69.3 Å². The lowest BCUT2D eigenvalue weighted by Gasteiger charge is -2.15. The summed E-state index contributed by atoms with van der Waals surface area (Å²) in [5.41, 5.74) is 1.22. The average Bonchev–Trinajstić information content (AvgIpc) is 2.92. The zero-order valence-electron chi connectivity index (χ0n) is 10.5. The number of likely N-dealkylation sites (tertiary alicyclic amines) is 1. The number of fused-ring (bicyclic) bond motifs is 1. The quantitative estimate of drug-likeness (QED) is 0.659. The van der Waals surface area contributed by atoms with E-state index in [0.29, 0.717) is 0 Å². The van der Waals surface area contributed by atoms with E-state index in [1.54, 1.807) is 4.90 Å². The van der Waals surface area contributed by atoms with Crippen LogP contribution in [-0.4, -0.2) is 28.8 Å². The SMILES string of the molecule is O=C(N1CCCC1)n1oc(=O)c2c1CCCCC2. The molecule has 1 amide bonds. The number of carbonyl (C=O) groups is 1. The topological polar surface area (TPSA) is 55.5 Å². The van der Waals surface area contributed by atoms with Crippen molar-refractivity contribution in [1.82, 2.24) is 9.64 Å². The number of amides is 1. The third-order valence-electron chi connectivity index (χ3n) is 3.90. The molecular weight excluding hydrogens is 232 g/mol. The standard InChI is InChI=1S/C13H18N2O3/c16-12-10-6-2-1-3-7-11(10)15(18-12)13(17)14-8-4-5-9-14/h1-9H2. The molecule has 0 saturated carbocycles. The van der Waals surface area contributed by atoms with Crippen molar-refractivity contribution in [1.29, 1.82) is 0 Å². The first kappa shape index (κ1) is 11.6. The second-order valence-corrected chi connectivity index (χ2v) is 5.14. The first-order valence-corrected chi connectivity index (χ1v) is 6.81. The van der Waals surface area contributed by atoms with Crippen LogP contribution in [0.2, 0.25) is 0 Å². The van der Waals surface area contributed by atoms with Gasteiger partial charge in [-0.15, -0.1) is 4.74 Å². The van der Waals surface area contributed by atoms with Crippen LogP contribution in [0.25, 0.3) is 0 Å². The Kier molecular flexibility index (Phi) is 2.97. The molecule has 98 valence electrons. The lowest BCUT2D eigenvalue weighted by atomic mass is 10.1. The highest BCUT2D eigenvalue weighted by Crippen LogP contribution is 2.20. The first-order valence-electron chi connectivity index (χ1n) is 6.81. The van der Waals surface area contributed by atoms with Crippen molar-refractivity contribution in [2.24, 2.45) is 0 Å². The van der Waals surface area contributed by atoms with Gasteiger partial charge >= 0.3 is 11.7 Å². The second-order valence-electron chi connectivity index (χ2n) is 5.14. The van der Waals surface area contributed by atoms with Gasteiger partial charge in [0.2, 0.25) is 0 Å². The highest BCUT2D eigenvalue weighted by molar-refractivity contribution is 5.76. The maximum absolute atomic E-state index is 12.3. The molecule has 1 aliphatic carbocycles. The number of aromatic nitrogens is 1. The minimum atomic E-state index is -0.320. The van der Waals surface area contributed by atoms with Crippen LogP contribution in [0.5, 0.6) is 0 Å². The van der Waals surface area contributed by atoms with Crippen LogP contribution in [0.3, 0.4) is 0 Å². The third kappa shape index (κ3) is 1.87. The van der Waals surface area contributed by atoms with Crippen LogP contribution in [0.4, 0.5) is 4.79 Å². The molecule has 5 nitrogen and oxygen atoms in total. The average molecular weight is 250 g/mol. The molecule has 1 fully saturated rings. The molecule has 3 rings (SSSR count). The smallest absolute Gasteiger partial charge is 0.327 e. The van der Waals surface area contributed by atoms with E-state index in [1.807, 2.05) is 0 Å². The summed E-state index contributed by atoms with van der Waals surface area (Å²) in [4.78, 5) is 25.9. The Morgan fingerprint density at radius 1 is 1.00 bits per heavy atom. The molecule has 0 unspecified atom stereocenters. The fraction of sp³-hybridized carbons (Fsp3) is 0.692.